The molecular weight excluding hydrogens is 546 g/mol. The highest BCUT2D eigenvalue weighted by atomic mass is 35.5. The Morgan fingerprint density at radius 1 is 0.976 bits per heavy atom. The molecule has 0 saturated heterocycles. The maximum Gasteiger partial charge on any atom is 0.281 e. The number of methoxy groups -OCH3 is 2. The van der Waals surface area contributed by atoms with Gasteiger partial charge in [0.2, 0.25) is 0 Å². The number of benzene rings is 2. The summed E-state index contributed by atoms with van der Waals surface area (Å²) in [7, 11) is 3.18. The van der Waals surface area contributed by atoms with Gasteiger partial charge in [0.1, 0.15) is 18.2 Å². The van der Waals surface area contributed by atoms with Crippen LogP contribution >= 0.6 is 11.6 Å². The molecule has 11 heteroatoms. The van der Waals surface area contributed by atoms with Gasteiger partial charge in [-0.2, -0.15) is 5.10 Å². The van der Waals surface area contributed by atoms with Crippen molar-refractivity contribution in [2.45, 2.75) is 20.5 Å². The van der Waals surface area contributed by atoms with Crippen LogP contribution in [0.25, 0.3) is 16.6 Å². The lowest BCUT2D eigenvalue weighted by Crippen LogP contribution is -2.15. The predicted octanol–water partition coefficient (Wildman–Crippen LogP) is 6.02. The molecule has 0 unspecified atom stereocenters. The molecule has 0 radical (unpaired) electrons. The summed E-state index contributed by atoms with van der Waals surface area (Å²) >= 11 is 6.09. The molecule has 41 heavy (non-hydrogen) atoms. The van der Waals surface area contributed by atoms with Crippen molar-refractivity contribution < 1.29 is 23.7 Å². The summed E-state index contributed by atoms with van der Waals surface area (Å²) in [5.74, 6) is 1.99. The number of carbonyl (C=O) groups excluding carboxylic acids is 1. The summed E-state index contributed by atoms with van der Waals surface area (Å²) in [6, 6.07) is 14.4. The van der Waals surface area contributed by atoms with E-state index in [1.54, 1.807) is 55.7 Å². The van der Waals surface area contributed by atoms with Gasteiger partial charge in [0.05, 0.1) is 44.4 Å². The number of anilines is 1. The number of fused-ring (bicyclic) bond motifs is 1. The quantitative estimate of drug-likeness (QED) is 0.216. The lowest BCUT2D eigenvalue weighted by atomic mass is 10.1. The molecule has 1 amide bonds. The Hall–Kier alpha value is -4.83. The number of halogens is 1. The van der Waals surface area contributed by atoms with Crippen molar-refractivity contribution in [1.29, 1.82) is 0 Å². The Bertz CT molecular complexity index is 1700. The van der Waals surface area contributed by atoms with Crippen LogP contribution in [0, 0.1) is 6.92 Å². The number of nitrogens with one attached hydrogen (secondary N) is 1. The van der Waals surface area contributed by atoms with E-state index in [0.717, 1.165) is 27.7 Å². The first kappa shape index (κ1) is 27.7. The van der Waals surface area contributed by atoms with E-state index >= 15 is 0 Å². The number of rotatable bonds is 10. The zero-order valence-electron chi connectivity index (χ0n) is 23.0. The maximum absolute atomic E-state index is 13.1. The van der Waals surface area contributed by atoms with E-state index in [1.807, 2.05) is 44.2 Å². The van der Waals surface area contributed by atoms with Crippen LogP contribution in [-0.2, 0) is 6.61 Å². The van der Waals surface area contributed by atoms with Gasteiger partial charge in [0, 0.05) is 28.2 Å². The molecule has 0 aliphatic rings. The fourth-order valence-electron chi connectivity index (χ4n) is 4.31. The van der Waals surface area contributed by atoms with Crippen LogP contribution in [-0.4, -0.2) is 46.5 Å². The average Bonchev–Trinajstić information content (AvgIpc) is 3.39. The van der Waals surface area contributed by atoms with E-state index in [1.165, 1.54) is 0 Å². The molecule has 210 valence electrons. The van der Waals surface area contributed by atoms with Crippen molar-refractivity contribution in [3.8, 4) is 28.7 Å². The van der Waals surface area contributed by atoms with E-state index in [0.29, 0.717) is 40.4 Å². The van der Waals surface area contributed by atoms with Gasteiger partial charge in [-0.05, 0) is 61.9 Å². The van der Waals surface area contributed by atoms with Crippen molar-refractivity contribution in [2.75, 3.05) is 26.1 Å². The van der Waals surface area contributed by atoms with Crippen LogP contribution in [0.1, 0.15) is 28.5 Å². The summed E-state index contributed by atoms with van der Waals surface area (Å²) < 4.78 is 24.1. The molecule has 3 aromatic heterocycles. The fourth-order valence-corrected chi connectivity index (χ4v) is 4.53. The Kier molecular flexibility index (Phi) is 8.21. The van der Waals surface area contributed by atoms with Gasteiger partial charge in [-0.3, -0.25) is 9.78 Å². The van der Waals surface area contributed by atoms with E-state index < -0.39 is 5.91 Å². The highest BCUT2D eigenvalue weighted by Crippen LogP contribution is 2.33. The van der Waals surface area contributed by atoms with Crippen molar-refractivity contribution in [1.82, 2.24) is 19.7 Å². The van der Waals surface area contributed by atoms with Crippen LogP contribution in [0.15, 0.2) is 67.1 Å². The standard InChI is InChI=1S/C30H28ClN5O5/c1-5-40-27-16-36(24-8-6-20(31)12-18(24)2)35-29(27)30(37)34-28-9-7-21(15-33-28)41-17-19-10-11-32-23-14-26(39-4)25(38-3)13-22(19)23/h6-16H,5,17H2,1-4H3,(H,33,34,37). The van der Waals surface area contributed by atoms with Gasteiger partial charge in [0.25, 0.3) is 5.91 Å². The summed E-state index contributed by atoms with van der Waals surface area (Å²) in [4.78, 5) is 21.9. The number of aryl methyl sites for hydroxylation is 1. The average molecular weight is 574 g/mol. The maximum atomic E-state index is 13.1. The molecule has 1 N–H and O–H groups in total. The molecule has 10 nitrogen and oxygen atoms in total. The van der Waals surface area contributed by atoms with Gasteiger partial charge in [-0.25, -0.2) is 9.67 Å². The summed E-state index contributed by atoms with van der Waals surface area (Å²) in [6.07, 6.45) is 4.94. The third kappa shape index (κ3) is 6.02. The second-order valence-corrected chi connectivity index (χ2v) is 9.40. The molecule has 0 bridgehead atoms. The highest BCUT2D eigenvalue weighted by Gasteiger charge is 2.20. The van der Waals surface area contributed by atoms with Crippen molar-refractivity contribution >= 4 is 34.2 Å². The topological polar surface area (TPSA) is 110 Å². The van der Waals surface area contributed by atoms with Crippen molar-refractivity contribution in [3.05, 3.63) is 89.0 Å². The predicted molar refractivity (Wildman–Crippen MR) is 156 cm³/mol. The first-order valence-electron chi connectivity index (χ1n) is 12.8. The largest absolute Gasteiger partial charge is 0.493 e. The van der Waals surface area contributed by atoms with E-state index in [4.69, 9.17) is 30.5 Å². The van der Waals surface area contributed by atoms with E-state index in [9.17, 15) is 4.79 Å². The third-order valence-electron chi connectivity index (χ3n) is 6.31. The van der Waals surface area contributed by atoms with Crippen LogP contribution in [0.3, 0.4) is 0 Å². The first-order valence-corrected chi connectivity index (χ1v) is 13.2. The number of ether oxygens (including phenoxy) is 4. The van der Waals surface area contributed by atoms with Gasteiger partial charge < -0.3 is 24.3 Å². The number of pyridine rings is 2. The monoisotopic (exact) mass is 573 g/mol. The van der Waals surface area contributed by atoms with Crippen molar-refractivity contribution in [2.24, 2.45) is 0 Å². The first-order chi connectivity index (χ1) is 19.9. The molecule has 0 atom stereocenters. The number of hydrogen-bond donors (Lipinski definition) is 1. The number of carbonyl (C=O) groups is 1. The molecule has 5 aromatic rings. The fraction of sp³-hybridized carbons (Fsp3) is 0.200. The SMILES string of the molecule is CCOc1cn(-c2ccc(Cl)cc2C)nc1C(=O)Nc1ccc(OCc2ccnc3cc(OC)c(OC)cc23)cn1. The normalized spacial score (nSPS) is 10.9. The number of hydrogen-bond acceptors (Lipinski definition) is 8. The summed E-state index contributed by atoms with van der Waals surface area (Å²) in [5, 5.41) is 8.76. The van der Waals surface area contributed by atoms with Crippen LogP contribution < -0.4 is 24.3 Å². The smallest absolute Gasteiger partial charge is 0.281 e. The van der Waals surface area contributed by atoms with Crippen LogP contribution in [0.4, 0.5) is 5.82 Å². The molecule has 0 aliphatic heterocycles. The minimum atomic E-state index is -0.451. The summed E-state index contributed by atoms with van der Waals surface area (Å²) in [6.45, 7) is 4.42. The third-order valence-corrected chi connectivity index (χ3v) is 6.55. The van der Waals surface area contributed by atoms with E-state index in [-0.39, 0.29) is 12.3 Å². The van der Waals surface area contributed by atoms with Crippen LogP contribution in [0.2, 0.25) is 5.02 Å². The minimum Gasteiger partial charge on any atom is -0.493 e. The van der Waals surface area contributed by atoms with Gasteiger partial charge >= 0.3 is 0 Å². The molecule has 3 heterocycles. The van der Waals surface area contributed by atoms with Gasteiger partial charge in [-0.15, -0.1) is 0 Å². The lowest BCUT2D eigenvalue weighted by Gasteiger charge is -2.12. The van der Waals surface area contributed by atoms with Crippen molar-refractivity contribution in [3.63, 3.8) is 0 Å². The zero-order chi connectivity index (χ0) is 28.9. The molecule has 0 spiro atoms. The number of aromatic nitrogens is 4. The Morgan fingerprint density at radius 3 is 2.49 bits per heavy atom. The van der Waals surface area contributed by atoms with Gasteiger partial charge in [0.15, 0.2) is 22.9 Å². The van der Waals surface area contributed by atoms with Gasteiger partial charge in [-0.1, -0.05) is 11.6 Å². The van der Waals surface area contributed by atoms with E-state index in [2.05, 4.69) is 20.4 Å². The minimum absolute atomic E-state index is 0.139. The highest BCUT2D eigenvalue weighted by molar-refractivity contribution is 6.30. The zero-order valence-corrected chi connectivity index (χ0v) is 23.7. The molecule has 2 aromatic carbocycles. The second-order valence-electron chi connectivity index (χ2n) is 8.97. The Morgan fingerprint density at radius 2 is 1.78 bits per heavy atom. The molecule has 0 saturated carbocycles. The second kappa shape index (κ2) is 12.1. The molecule has 0 fully saturated rings. The number of nitrogens with zero attached hydrogens (tertiary/aromatic N) is 4. The Labute approximate surface area is 241 Å². The molecular formula is C30H28ClN5O5. The van der Waals surface area contributed by atoms with Crippen LogP contribution in [0.5, 0.6) is 23.0 Å². The summed E-state index contributed by atoms with van der Waals surface area (Å²) in [5.41, 5.74) is 3.52. The molecule has 0 aliphatic carbocycles. The Balaban J connectivity index is 1.29. The molecule has 5 rings (SSSR count). The number of amides is 1. The lowest BCUT2D eigenvalue weighted by molar-refractivity contribution is 0.101.